The number of hydrogen-bond acceptors (Lipinski definition) is 3. The minimum Gasteiger partial charge on any atom is -0.423 e. The molecule has 0 unspecified atom stereocenters. The van der Waals surface area contributed by atoms with E-state index in [-0.39, 0.29) is 5.78 Å². The minimum atomic E-state index is -0.411. The molecule has 0 bridgehead atoms. The topological polar surface area (TPSA) is 43.4 Å². The third kappa shape index (κ3) is 4.79. The highest BCUT2D eigenvalue weighted by Crippen LogP contribution is 2.17. The monoisotopic (exact) mass is 356 g/mol. The van der Waals surface area contributed by atoms with E-state index >= 15 is 0 Å². The van der Waals surface area contributed by atoms with Crippen molar-refractivity contribution < 1.29 is 14.3 Å². The highest BCUT2D eigenvalue weighted by atomic mass is 16.5. The van der Waals surface area contributed by atoms with Crippen LogP contribution in [0.5, 0.6) is 5.75 Å². The van der Waals surface area contributed by atoms with E-state index in [1.807, 2.05) is 50.2 Å². The van der Waals surface area contributed by atoms with Crippen LogP contribution in [0.3, 0.4) is 0 Å². The fraction of sp³-hybridized carbons (Fsp3) is 0.0833. The van der Waals surface area contributed by atoms with E-state index in [9.17, 15) is 9.59 Å². The van der Waals surface area contributed by atoms with Gasteiger partial charge in [0.1, 0.15) is 5.75 Å². The molecule has 0 aliphatic heterocycles. The predicted molar refractivity (Wildman–Crippen MR) is 107 cm³/mol. The summed E-state index contributed by atoms with van der Waals surface area (Å²) in [6.45, 7) is 3.88. The van der Waals surface area contributed by atoms with Gasteiger partial charge in [-0.15, -0.1) is 0 Å². The van der Waals surface area contributed by atoms with Crippen LogP contribution >= 0.6 is 0 Å². The Morgan fingerprint density at radius 3 is 2.15 bits per heavy atom. The van der Waals surface area contributed by atoms with Gasteiger partial charge in [0.25, 0.3) is 0 Å². The van der Waals surface area contributed by atoms with Crippen molar-refractivity contribution in [3.05, 3.63) is 107 Å². The molecule has 3 rings (SSSR count). The molecule has 0 N–H and O–H groups in total. The van der Waals surface area contributed by atoms with Crippen LogP contribution in [0.25, 0.3) is 6.08 Å². The summed E-state index contributed by atoms with van der Waals surface area (Å²) in [5.41, 5.74) is 4.07. The van der Waals surface area contributed by atoms with E-state index in [0.717, 1.165) is 11.1 Å². The third-order valence-electron chi connectivity index (χ3n) is 4.22. The Bertz CT molecular complexity index is 981. The molecule has 0 aliphatic carbocycles. The van der Waals surface area contributed by atoms with Gasteiger partial charge in [-0.1, -0.05) is 54.1 Å². The molecule has 0 saturated carbocycles. The van der Waals surface area contributed by atoms with Gasteiger partial charge in [-0.25, -0.2) is 4.79 Å². The van der Waals surface area contributed by atoms with E-state index in [1.54, 1.807) is 48.6 Å². The van der Waals surface area contributed by atoms with Gasteiger partial charge in [0.05, 0.1) is 5.56 Å². The quantitative estimate of drug-likeness (QED) is 0.265. The summed E-state index contributed by atoms with van der Waals surface area (Å²) in [5.74, 6) is -0.110. The van der Waals surface area contributed by atoms with Crippen LogP contribution in [0.15, 0.2) is 78.9 Å². The van der Waals surface area contributed by atoms with Crippen LogP contribution in [0, 0.1) is 13.8 Å². The Morgan fingerprint density at radius 1 is 0.815 bits per heavy atom. The number of allylic oxidation sites excluding steroid dienone is 1. The minimum absolute atomic E-state index is 0.104. The van der Waals surface area contributed by atoms with Gasteiger partial charge in [0, 0.05) is 5.56 Å². The fourth-order valence-electron chi connectivity index (χ4n) is 2.60. The molecule has 3 nitrogen and oxygen atoms in total. The second-order valence-electron chi connectivity index (χ2n) is 6.34. The van der Waals surface area contributed by atoms with Gasteiger partial charge >= 0.3 is 5.97 Å². The summed E-state index contributed by atoms with van der Waals surface area (Å²) in [6, 6.07) is 21.8. The fourth-order valence-corrected chi connectivity index (χ4v) is 2.60. The first kappa shape index (κ1) is 18.3. The first-order valence-corrected chi connectivity index (χ1v) is 8.70. The molecule has 0 saturated heterocycles. The molecule has 0 amide bonds. The molecule has 3 heteroatoms. The second kappa shape index (κ2) is 8.28. The maximum atomic E-state index is 12.3. The van der Waals surface area contributed by atoms with Crippen LogP contribution in [0.4, 0.5) is 0 Å². The zero-order valence-electron chi connectivity index (χ0n) is 15.3. The molecule has 0 radical (unpaired) electrons. The zero-order chi connectivity index (χ0) is 19.2. The summed E-state index contributed by atoms with van der Waals surface area (Å²) in [4.78, 5) is 24.5. The summed E-state index contributed by atoms with van der Waals surface area (Å²) in [6.07, 6.45) is 3.33. The average Bonchev–Trinajstić information content (AvgIpc) is 2.68. The number of rotatable bonds is 5. The van der Waals surface area contributed by atoms with Crippen LogP contribution in [0.2, 0.25) is 0 Å². The number of aryl methyl sites for hydroxylation is 2. The van der Waals surface area contributed by atoms with Crippen molar-refractivity contribution in [2.75, 3.05) is 0 Å². The highest BCUT2D eigenvalue weighted by Gasteiger charge is 2.11. The molecule has 0 heterocycles. The first-order chi connectivity index (χ1) is 13.0. The molecule has 134 valence electrons. The first-order valence-electron chi connectivity index (χ1n) is 8.70. The smallest absolute Gasteiger partial charge is 0.343 e. The SMILES string of the molecule is Cc1ccc(/C=C/C(=O)c2ccc(OC(=O)c3ccccc3C)cc2)cc1. The van der Waals surface area contributed by atoms with Gasteiger partial charge in [0.2, 0.25) is 0 Å². The molecule has 0 aromatic heterocycles. The molecule has 0 aliphatic rings. The summed E-state index contributed by atoms with van der Waals surface area (Å²) in [5, 5.41) is 0. The van der Waals surface area contributed by atoms with E-state index in [4.69, 9.17) is 4.74 Å². The van der Waals surface area contributed by atoms with E-state index in [0.29, 0.717) is 16.9 Å². The lowest BCUT2D eigenvalue weighted by atomic mass is 10.1. The molecule has 0 fully saturated rings. The van der Waals surface area contributed by atoms with Crippen LogP contribution < -0.4 is 4.74 Å². The molecule has 3 aromatic rings. The number of hydrogen-bond donors (Lipinski definition) is 0. The summed E-state index contributed by atoms with van der Waals surface area (Å²) < 4.78 is 5.39. The van der Waals surface area contributed by atoms with Crippen molar-refractivity contribution in [3.63, 3.8) is 0 Å². The van der Waals surface area contributed by atoms with E-state index in [2.05, 4.69) is 0 Å². The third-order valence-corrected chi connectivity index (χ3v) is 4.22. The van der Waals surface area contributed by atoms with Gasteiger partial charge in [-0.2, -0.15) is 0 Å². The number of benzene rings is 3. The maximum absolute atomic E-state index is 12.3. The van der Waals surface area contributed by atoms with Crippen LogP contribution in [0.1, 0.15) is 37.4 Å². The Balaban J connectivity index is 1.66. The Morgan fingerprint density at radius 2 is 1.48 bits per heavy atom. The zero-order valence-corrected chi connectivity index (χ0v) is 15.3. The maximum Gasteiger partial charge on any atom is 0.343 e. The summed E-state index contributed by atoms with van der Waals surface area (Å²) >= 11 is 0. The van der Waals surface area contributed by atoms with Crippen LogP contribution in [-0.2, 0) is 0 Å². The van der Waals surface area contributed by atoms with Crippen molar-refractivity contribution in [3.8, 4) is 5.75 Å². The molecule has 0 atom stereocenters. The van der Waals surface area contributed by atoms with Crippen molar-refractivity contribution in [1.82, 2.24) is 0 Å². The standard InChI is InChI=1S/C24H20O3/c1-17-7-9-19(10-8-17)11-16-23(25)20-12-14-21(15-13-20)27-24(26)22-6-4-3-5-18(22)2/h3-16H,1-2H3/b16-11+. The predicted octanol–water partition coefficient (Wildman–Crippen LogP) is 5.42. The van der Waals surface area contributed by atoms with Crippen LogP contribution in [-0.4, -0.2) is 11.8 Å². The van der Waals surface area contributed by atoms with Gasteiger partial charge in [-0.3, -0.25) is 4.79 Å². The van der Waals surface area contributed by atoms with Crippen molar-refractivity contribution in [2.24, 2.45) is 0 Å². The Labute approximate surface area is 158 Å². The number of esters is 1. The lowest BCUT2D eigenvalue weighted by Gasteiger charge is -2.07. The summed E-state index contributed by atoms with van der Waals surface area (Å²) in [7, 11) is 0. The molecular weight excluding hydrogens is 336 g/mol. The van der Waals surface area contributed by atoms with Crippen molar-refractivity contribution in [1.29, 1.82) is 0 Å². The normalized spacial score (nSPS) is 10.7. The second-order valence-corrected chi connectivity index (χ2v) is 6.34. The Kier molecular flexibility index (Phi) is 5.62. The highest BCUT2D eigenvalue weighted by molar-refractivity contribution is 6.06. The van der Waals surface area contributed by atoms with E-state index < -0.39 is 5.97 Å². The number of ether oxygens (including phenoxy) is 1. The van der Waals surface area contributed by atoms with Gasteiger partial charge in [0.15, 0.2) is 5.78 Å². The molecule has 0 spiro atoms. The largest absolute Gasteiger partial charge is 0.423 e. The Hall–Kier alpha value is -3.46. The van der Waals surface area contributed by atoms with E-state index in [1.165, 1.54) is 5.56 Å². The lowest BCUT2D eigenvalue weighted by molar-refractivity contribution is 0.0734. The molecule has 27 heavy (non-hydrogen) atoms. The van der Waals surface area contributed by atoms with Gasteiger partial charge in [-0.05, 0) is 61.4 Å². The lowest BCUT2D eigenvalue weighted by Crippen LogP contribution is -2.10. The molecular formula is C24H20O3. The number of ketones is 1. The molecule has 3 aromatic carbocycles. The van der Waals surface area contributed by atoms with Crippen molar-refractivity contribution >= 4 is 17.8 Å². The van der Waals surface area contributed by atoms with Gasteiger partial charge < -0.3 is 4.74 Å². The number of carbonyl (C=O) groups excluding carboxylic acids is 2. The average molecular weight is 356 g/mol. The van der Waals surface area contributed by atoms with Crippen molar-refractivity contribution in [2.45, 2.75) is 13.8 Å². The number of carbonyl (C=O) groups is 2.